The second kappa shape index (κ2) is 8.26. The van der Waals surface area contributed by atoms with Crippen LogP contribution in [-0.4, -0.2) is 43.4 Å². The summed E-state index contributed by atoms with van der Waals surface area (Å²) in [5.74, 6) is -1.74. The second-order valence-electron chi connectivity index (χ2n) is 3.86. The maximum absolute atomic E-state index is 11.7. The first kappa shape index (κ1) is 16.1. The van der Waals surface area contributed by atoms with Gasteiger partial charge in [-0.3, -0.25) is 9.63 Å². The summed E-state index contributed by atoms with van der Waals surface area (Å²) in [6, 6.07) is 9.17. The zero-order chi connectivity index (χ0) is 15.0. The van der Waals surface area contributed by atoms with Crippen LogP contribution in [0.2, 0.25) is 0 Å². The van der Waals surface area contributed by atoms with Crippen molar-refractivity contribution >= 4 is 11.9 Å². The van der Waals surface area contributed by atoms with Crippen LogP contribution in [0.5, 0.6) is 0 Å². The zero-order valence-corrected chi connectivity index (χ0v) is 11.2. The maximum Gasteiger partial charge on any atom is 0.338 e. The lowest BCUT2D eigenvalue weighted by molar-refractivity contribution is -0.167. The van der Waals surface area contributed by atoms with Crippen LogP contribution in [0.1, 0.15) is 5.56 Å². The molecular formula is C13H17NO6. The fraction of sp³-hybridized carbons (Fsp3) is 0.385. The van der Waals surface area contributed by atoms with Crippen molar-refractivity contribution in [2.24, 2.45) is 0 Å². The van der Waals surface area contributed by atoms with Crippen LogP contribution in [0.4, 0.5) is 0 Å². The number of hydroxylamine groups is 1. The molecule has 0 heterocycles. The lowest BCUT2D eigenvalue weighted by Gasteiger charge is -2.18. The summed E-state index contributed by atoms with van der Waals surface area (Å²) in [5.41, 5.74) is 2.97. The number of rotatable bonds is 7. The van der Waals surface area contributed by atoms with Crippen LogP contribution in [0.15, 0.2) is 30.3 Å². The number of aliphatic hydroxyl groups is 1. The highest BCUT2D eigenvalue weighted by molar-refractivity contribution is 5.87. The first-order valence-electron chi connectivity index (χ1n) is 5.84. The van der Waals surface area contributed by atoms with E-state index in [0.717, 1.165) is 12.7 Å². The van der Waals surface area contributed by atoms with Gasteiger partial charge in [0, 0.05) is 7.11 Å². The topological polar surface area (TPSA) is 94.1 Å². The number of carbonyl (C=O) groups excluding carboxylic acids is 2. The van der Waals surface area contributed by atoms with Crippen molar-refractivity contribution in [2.75, 3.05) is 14.2 Å². The highest BCUT2D eigenvalue weighted by atomic mass is 16.7. The summed E-state index contributed by atoms with van der Waals surface area (Å²) in [4.78, 5) is 27.8. The van der Waals surface area contributed by atoms with Crippen molar-refractivity contribution in [2.45, 2.75) is 18.8 Å². The summed E-state index contributed by atoms with van der Waals surface area (Å²) in [7, 11) is 2.29. The Kier molecular flexibility index (Phi) is 6.65. The van der Waals surface area contributed by atoms with Crippen molar-refractivity contribution in [1.29, 1.82) is 0 Å². The number of hydrogen-bond acceptors (Lipinski definition) is 6. The van der Waals surface area contributed by atoms with Crippen LogP contribution < -0.4 is 5.48 Å². The lowest BCUT2D eigenvalue weighted by Crippen LogP contribution is -2.47. The van der Waals surface area contributed by atoms with Crippen molar-refractivity contribution in [3.8, 4) is 0 Å². The molecule has 1 aromatic carbocycles. The molecule has 0 spiro atoms. The molecule has 0 aromatic heterocycles. The minimum absolute atomic E-state index is 0.150. The Labute approximate surface area is 116 Å². The largest absolute Gasteiger partial charge is 0.467 e. The van der Waals surface area contributed by atoms with Crippen LogP contribution >= 0.6 is 0 Å². The molecule has 0 aliphatic heterocycles. The van der Waals surface area contributed by atoms with Crippen LogP contribution in [-0.2, 0) is 30.5 Å². The van der Waals surface area contributed by atoms with E-state index in [1.165, 1.54) is 7.11 Å². The smallest absolute Gasteiger partial charge is 0.338 e. The first-order valence-corrected chi connectivity index (χ1v) is 5.84. The van der Waals surface area contributed by atoms with Gasteiger partial charge in [-0.25, -0.2) is 10.3 Å². The molecule has 0 aliphatic carbocycles. The van der Waals surface area contributed by atoms with Gasteiger partial charge in [-0.05, 0) is 5.56 Å². The Balaban J connectivity index is 2.45. The number of hydrogen-bond donors (Lipinski definition) is 2. The van der Waals surface area contributed by atoms with Gasteiger partial charge in [0.1, 0.15) is 0 Å². The summed E-state index contributed by atoms with van der Waals surface area (Å²) in [6.07, 6.45) is -3.12. The number of methoxy groups -OCH3 is 2. The fourth-order valence-electron chi connectivity index (χ4n) is 1.45. The number of ether oxygens (including phenoxy) is 2. The quantitative estimate of drug-likeness (QED) is 0.531. The number of amides is 1. The standard InChI is InChI=1S/C13H17NO6/c1-18-11(10(15)13(17)19-2)12(16)14-20-8-9-6-4-3-5-7-9/h3-7,10-11,15H,8H2,1-2H3,(H,14,16)/t10-,11-/m1/s1. The third-order valence-electron chi connectivity index (χ3n) is 2.50. The van der Waals surface area contributed by atoms with Gasteiger partial charge in [0.25, 0.3) is 5.91 Å². The van der Waals surface area contributed by atoms with Gasteiger partial charge in [-0.1, -0.05) is 30.3 Å². The molecule has 0 saturated heterocycles. The van der Waals surface area contributed by atoms with Crippen molar-refractivity contribution < 1.29 is 29.0 Å². The van der Waals surface area contributed by atoms with Crippen molar-refractivity contribution in [3.63, 3.8) is 0 Å². The Bertz CT molecular complexity index is 436. The molecule has 2 N–H and O–H groups in total. The Morgan fingerprint density at radius 3 is 2.45 bits per heavy atom. The molecule has 0 fully saturated rings. The van der Waals surface area contributed by atoms with Crippen LogP contribution in [0.3, 0.4) is 0 Å². The van der Waals surface area contributed by atoms with Crippen LogP contribution in [0, 0.1) is 0 Å². The highest BCUT2D eigenvalue weighted by Gasteiger charge is 2.33. The number of nitrogens with one attached hydrogen (secondary N) is 1. The van der Waals surface area contributed by atoms with E-state index in [9.17, 15) is 14.7 Å². The van der Waals surface area contributed by atoms with E-state index in [-0.39, 0.29) is 6.61 Å². The molecule has 0 unspecified atom stereocenters. The van der Waals surface area contributed by atoms with Gasteiger partial charge in [0.15, 0.2) is 12.2 Å². The third-order valence-corrected chi connectivity index (χ3v) is 2.50. The number of esters is 1. The predicted octanol–water partition coefficient (Wildman–Crippen LogP) is -0.217. The molecule has 7 nitrogen and oxygen atoms in total. The minimum atomic E-state index is -1.72. The van der Waals surface area contributed by atoms with E-state index in [0.29, 0.717) is 0 Å². The van der Waals surface area contributed by atoms with E-state index >= 15 is 0 Å². The van der Waals surface area contributed by atoms with E-state index in [1.54, 1.807) is 0 Å². The molecule has 110 valence electrons. The molecule has 2 atom stereocenters. The van der Waals surface area contributed by atoms with Gasteiger partial charge in [0.05, 0.1) is 13.7 Å². The zero-order valence-electron chi connectivity index (χ0n) is 11.2. The van der Waals surface area contributed by atoms with Gasteiger partial charge in [0.2, 0.25) is 0 Å². The fourth-order valence-corrected chi connectivity index (χ4v) is 1.45. The van der Waals surface area contributed by atoms with E-state index in [1.807, 2.05) is 30.3 Å². The van der Waals surface area contributed by atoms with Gasteiger partial charge >= 0.3 is 5.97 Å². The van der Waals surface area contributed by atoms with Gasteiger partial charge in [-0.2, -0.15) is 0 Å². The van der Waals surface area contributed by atoms with Crippen molar-refractivity contribution in [1.82, 2.24) is 5.48 Å². The van der Waals surface area contributed by atoms with Crippen LogP contribution in [0.25, 0.3) is 0 Å². The third kappa shape index (κ3) is 4.61. The summed E-state index contributed by atoms with van der Waals surface area (Å²) < 4.78 is 9.09. The Hall–Kier alpha value is -1.96. The minimum Gasteiger partial charge on any atom is -0.467 e. The molecule has 0 aliphatic rings. The number of aliphatic hydroxyl groups excluding tert-OH is 1. The number of benzene rings is 1. The Morgan fingerprint density at radius 1 is 1.25 bits per heavy atom. The van der Waals surface area contributed by atoms with E-state index < -0.39 is 24.1 Å². The molecule has 0 radical (unpaired) electrons. The molecule has 1 aromatic rings. The average molecular weight is 283 g/mol. The summed E-state index contributed by atoms with van der Waals surface area (Å²) >= 11 is 0. The Morgan fingerprint density at radius 2 is 1.90 bits per heavy atom. The van der Waals surface area contributed by atoms with E-state index in [2.05, 4.69) is 10.2 Å². The molecule has 7 heteroatoms. The molecule has 0 saturated carbocycles. The molecule has 20 heavy (non-hydrogen) atoms. The first-order chi connectivity index (χ1) is 9.60. The summed E-state index contributed by atoms with van der Waals surface area (Å²) in [5, 5.41) is 9.55. The second-order valence-corrected chi connectivity index (χ2v) is 3.86. The van der Waals surface area contributed by atoms with E-state index in [4.69, 9.17) is 9.57 Å². The molecule has 1 rings (SSSR count). The predicted molar refractivity (Wildman–Crippen MR) is 68.2 cm³/mol. The lowest BCUT2D eigenvalue weighted by atomic mass is 10.2. The number of carbonyl (C=O) groups is 2. The SMILES string of the molecule is COC(=O)[C@H](O)[C@@H](OC)C(=O)NOCc1ccccc1. The maximum atomic E-state index is 11.7. The molecule has 1 amide bonds. The monoisotopic (exact) mass is 283 g/mol. The van der Waals surface area contributed by atoms with Gasteiger partial charge < -0.3 is 14.6 Å². The normalized spacial score (nSPS) is 13.3. The average Bonchev–Trinajstić information content (AvgIpc) is 2.48. The molecular weight excluding hydrogens is 266 g/mol. The van der Waals surface area contributed by atoms with Gasteiger partial charge in [-0.15, -0.1) is 0 Å². The van der Waals surface area contributed by atoms with Crippen molar-refractivity contribution in [3.05, 3.63) is 35.9 Å². The summed E-state index contributed by atoms with van der Waals surface area (Å²) in [6.45, 7) is 0.150. The highest BCUT2D eigenvalue weighted by Crippen LogP contribution is 2.03. The molecule has 0 bridgehead atoms.